The van der Waals surface area contributed by atoms with Crippen LogP contribution >= 0.6 is 11.6 Å². The first-order chi connectivity index (χ1) is 17.3. The lowest BCUT2D eigenvalue weighted by Crippen LogP contribution is -2.39. The monoisotopic (exact) mass is 505 g/mol. The summed E-state index contributed by atoms with van der Waals surface area (Å²) in [5, 5.41) is 7.18. The summed E-state index contributed by atoms with van der Waals surface area (Å²) < 4.78 is 10.9. The lowest BCUT2D eigenvalue weighted by atomic mass is 10.1. The third kappa shape index (κ3) is 6.59. The van der Waals surface area contributed by atoms with E-state index in [4.69, 9.17) is 36.0 Å². The fourth-order valence-electron chi connectivity index (χ4n) is 4.70. The van der Waals surface area contributed by atoms with Crippen molar-refractivity contribution in [3.8, 4) is 0 Å². The number of hydrogen-bond acceptors (Lipinski definition) is 11. The zero-order valence-corrected chi connectivity index (χ0v) is 21.1. The standard InChI is InChI=1S/C23H36ClN9O2/c24-19-22(26-5-9-32-12-16-35-17-13-32)28-21-18(27-19)20(25-4-8-31-10-14-34-15-11-31)29-23(30-21)33-6-2-1-3-7-33/h1-17H2,(H2,25,26,28,29,30). The quantitative estimate of drug-likeness (QED) is 0.518. The Morgan fingerprint density at radius 1 is 0.686 bits per heavy atom. The summed E-state index contributed by atoms with van der Waals surface area (Å²) in [6, 6.07) is 0. The van der Waals surface area contributed by atoms with Gasteiger partial charge in [-0.25, -0.2) is 9.97 Å². The molecule has 3 fully saturated rings. The van der Waals surface area contributed by atoms with E-state index >= 15 is 0 Å². The molecule has 192 valence electrons. The largest absolute Gasteiger partial charge is 0.379 e. The molecule has 3 saturated heterocycles. The number of aromatic nitrogens is 4. The van der Waals surface area contributed by atoms with Crippen LogP contribution in [0.25, 0.3) is 11.2 Å². The fourth-order valence-corrected chi connectivity index (χ4v) is 4.89. The number of halogens is 1. The van der Waals surface area contributed by atoms with Crippen molar-refractivity contribution in [2.45, 2.75) is 19.3 Å². The molecule has 5 rings (SSSR count). The number of hydrogen-bond donors (Lipinski definition) is 2. The lowest BCUT2D eigenvalue weighted by molar-refractivity contribution is 0.0398. The van der Waals surface area contributed by atoms with Gasteiger partial charge in [-0.3, -0.25) is 9.80 Å². The Morgan fingerprint density at radius 3 is 1.91 bits per heavy atom. The zero-order valence-electron chi connectivity index (χ0n) is 20.3. The second-order valence-electron chi connectivity index (χ2n) is 9.22. The second-order valence-corrected chi connectivity index (χ2v) is 9.57. The number of nitrogens with zero attached hydrogens (tertiary/aromatic N) is 7. The van der Waals surface area contributed by atoms with E-state index in [0.29, 0.717) is 33.9 Å². The highest BCUT2D eigenvalue weighted by Crippen LogP contribution is 2.27. The average Bonchev–Trinajstić information content (AvgIpc) is 2.91. The summed E-state index contributed by atoms with van der Waals surface area (Å²) in [5.74, 6) is 1.97. The first kappa shape index (κ1) is 24.6. The van der Waals surface area contributed by atoms with E-state index in [-0.39, 0.29) is 0 Å². The van der Waals surface area contributed by atoms with Crippen molar-refractivity contribution in [2.75, 3.05) is 107 Å². The Balaban J connectivity index is 1.33. The zero-order chi connectivity index (χ0) is 23.9. The minimum Gasteiger partial charge on any atom is -0.379 e. The number of nitrogens with one attached hydrogen (secondary N) is 2. The summed E-state index contributed by atoms with van der Waals surface area (Å²) >= 11 is 6.56. The van der Waals surface area contributed by atoms with E-state index in [9.17, 15) is 0 Å². The van der Waals surface area contributed by atoms with Crippen LogP contribution in [0.3, 0.4) is 0 Å². The Morgan fingerprint density at radius 2 is 1.29 bits per heavy atom. The normalized spacial score (nSPS) is 20.3. The molecule has 12 heteroatoms. The maximum Gasteiger partial charge on any atom is 0.229 e. The van der Waals surface area contributed by atoms with E-state index in [2.05, 4.69) is 30.3 Å². The number of piperidine rings is 1. The summed E-state index contributed by atoms with van der Waals surface area (Å²) in [4.78, 5) is 26.1. The molecule has 2 aromatic rings. The van der Waals surface area contributed by atoms with Crippen LogP contribution in [0.5, 0.6) is 0 Å². The van der Waals surface area contributed by atoms with Gasteiger partial charge in [0.05, 0.1) is 26.4 Å². The molecular formula is C23H36ClN9O2. The number of ether oxygens (including phenoxy) is 2. The first-order valence-corrected chi connectivity index (χ1v) is 13.2. The number of fused-ring (bicyclic) bond motifs is 1. The van der Waals surface area contributed by atoms with E-state index in [1.165, 1.54) is 6.42 Å². The Bertz CT molecular complexity index is 964. The van der Waals surface area contributed by atoms with Crippen molar-refractivity contribution < 1.29 is 9.47 Å². The van der Waals surface area contributed by atoms with E-state index < -0.39 is 0 Å². The van der Waals surface area contributed by atoms with Gasteiger partial charge in [-0.15, -0.1) is 0 Å². The minimum absolute atomic E-state index is 0.338. The molecule has 0 bridgehead atoms. The van der Waals surface area contributed by atoms with Gasteiger partial charge < -0.3 is 25.0 Å². The fraction of sp³-hybridized carbons (Fsp3) is 0.739. The van der Waals surface area contributed by atoms with Gasteiger partial charge >= 0.3 is 0 Å². The molecule has 0 atom stereocenters. The van der Waals surface area contributed by atoms with Crippen molar-refractivity contribution in [1.82, 2.24) is 29.7 Å². The third-order valence-electron chi connectivity index (χ3n) is 6.76. The predicted octanol–water partition coefficient (Wildman–Crippen LogP) is 1.55. The highest BCUT2D eigenvalue weighted by molar-refractivity contribution is 6.32. The highest BCUT2D eigenvalue weighted by atomic mass is 35.5. The molecule has 0 aromatic carbocycles. The van der Waals surface area contributed by atoms with Crippen LogP contribution in [0.15, 0.2) is 0 Å². The minimum atomic E-state index is 0.338. The molecule has 2 N–H and O–H groups in total. The van der Waals surface area contributed by atoms with Crippen molar-refractivity contribution in [3.05, 3.63) is 5.15 Å². The second kappa shape index (κ2) is 12.3. The number of morpholine rings is 2. The van der Waals surface area contributed by atoms with Gasteiger partial charge in [0.25, 0.3) is 0 Å². The topological polar surface area (TPSA) is 104 Å². The molecule has 35 heavy (non-hydrogen) atoms. The molecule has 2 aromatic heterocycles. The highest BCUT2D eigenvalue weighted by Gasteiger charge is 2.20. The summed E-state index contributed by atoms with van der Waals surface area (Å²) in [6.07, 6.45) is 3.56. The molecule has 0 unspecified atom stereocenters. The summed E-state index contributed by atoms with van der Waals surface area (Å²) in [5.41, 5.74) is 1.17. The van der Waals surface area contributed by atoms with E-state index in [1.54, 1.807) is 0 Å². The molecule has 5 heterocycles. The lowest BCUT2D eigenvalue weighted by Gasteiger charge is -2.28. The Hall–Kier alpha value is -2.05. The van der Waals surface area contributed by atoms with Crippen LogP contribution < -0.4 is 15.5 Å². The maximum absolute atomic E-state index is 6.56. The summed E-state index contributed by atoms with van der Waals surface area (Å²) in [6.45, 7) is 12.2. The third-order valence-corrected chi connectivity index (χ3v) is 7.03. The SMILES string of the molecule is Clc1nc2c(NCCN3CCOCC3)nc(N3CCCCC3)nc2nc1NCCN1CCOCC1. The maximum atomic E-state index is 6.56. The number of rotatable bonds is 9. The molecule has 0 spiro atoms. The predicted molar refractivity (Wildman–Crippen MR) is 138 cm³/mol. The first-order valence-electron chi connectivity index (χ1n) is 12.8. The molecule has 3 aliphatic rings. The Labute approximate surface area is 211 Å². The van der Waals surface area contributed by atoms with Crippen LogP contribution in [-0.2, 0) is 9.47 Å². The van der Waals surface area contributed by atoms with Gasteiger partial charge in [0.2, 0.25) is 5.95 Å². The van der Waals surface area contributed by atoms with Crippen LogP contribution in [-0.4, -0.2) is 122 Å². The van der Waals surface area contributed by atoms with Gasteiger partial charge in [0, 0.05) is 65.4 Å². The molecule has 0 saturated carbocycles. The number of anilines is 3. The van der Waals surface area contributed by atoms with Crippen LogP contribution in [0.2, 0.25) is 5.15 Å². The molecule has 0 radical (unpaired) electrons. The van der Waals surface area contributed by atoms with Crippen molar-refractivity contribution in [2.24, 2.45) is 0 Å². The smallest absolute Gasteiger partial charge is 0.229 e. The van der Waals surface area contributed by atoms with Gasteiger partial charge in [0.15, 0.2) is 28.0 Å². The van der Waals surface area contributed by atoms with Gasteiger partial charge in [-0.1, -0.05) is 11.6 Å². The van der Waals surface area contributed by atoms with Gasteiger partial charge in [-0.05, 0) is 19.3 Å². The van der Waals surface area contributed by atoms with Crippen LogP contribution in [0.1, 0.15) is 19.3 Å². The van der Waals surface area contributed by atoms with E-state index in [0.717, 1.165) is 105 Å². The molecule has 3 aliphatic heterocycles. The van der Waals surface area contributed by atoms with Crippen molar-refractivity contribution in [3.63, 3.8) is 0 Å². The van der Waals surface area contributed by atoms with Crippen molar-refractivity contribution >= 4 is 40.3 Å². The molecule has 0 amide bonds. The van der Waals surface area contributed by atoms with E-state index in [1.807, 2.05) is 0 Å². The Kier molecular flexibility index (Phi) is 8.63. The van der Waals surface area contributed by atoms with Crippen molar-refractivity contribution in [1.29, 1.82) is 0 Å². The summed E-state index contributed by atoms with van der Waals surface area (Å²) in [7, 11) is 0. The molecular weight excluding hydrogens is 470 g/mol. The molecule has 11 nitrogen and oxygen atoms in total. The van der Waals surface area contributed by atoms with Gasteiger partial charge in [-0.2, -0.15) is 9.97 Å². The van der Waals surface area contributed by atoms with Crippen LogP contribution in [0, 0.1) is 0 Å². The average molecular weight is 506 g/mol. The van der Waals surface area contributed by atoms with Crippen LogP contribution in [0.4, 0.5) is 17.6 Å². The van der Waals surface area contributed by atoms with Gasteiger partial charge in [0.1, 0.15) is 0 Å². The molecule has 0 aliphatic carbocycles.